The molecular formula is C12H11N3O2. The van der Waals surface area contributed by atoms with Gasteiger partial charge in [0.25, 0.3) is 5.69 Å². The SMILES string of the molecule is N=c1ccccn1Cc1ccc([N+](=O)[O-])cc1. The van der Waals surface area contributed by atoms with E-state index >= 15 is 0 Å². The van der Waals surface area contributed by atoms with E-state index in [0.717, 1.165) is 5.56 Å². The number of aromatic nitrogens is 1. The lowest BCUT2D eigenvalue weighted by molar-refractivity contribution is -0.384. The van der Waals surface area contributed by atoms with Crippen molar-refractivity contribution in [3.63, 3.8) is 0 Å². The molecule has 0 aliphatic rings. The molecule has 0 amide bonds. The van der Waals surface area contributed by atoms with E-state index in [4.69, 9.17) is 5.41 Å². The minimum Gasteiger partial charge on any atom is -0.329 e. The van der Waals surface area contributed by atoms with Crippen LogP contribution in [0.15, 0.2) is 48.7 Å². The predicted octanol–water partition coefficient (Wildman–Crippen LogP) is 1.92. The summed E-state index contributed by atoms with van der Waals surface area (Å²) in [6, 6.07) is 11.7. The van der Waals surface area contributed by atoms with Crippen LogP contribution in [-0.2, 0) is 6.54 Å². The molecule has 0 radical (unpaired) electrons. The molecule has 1 N–H and O–H groups in total. The van der Waals surface area contributed by atoms with Gasteiger partial charge >= 0.3 is 0 Å². The first-order chi connectivity index (χ1) is 8.16. The maximum Gasteiger partial charge on any atom is 0.269 e. The van der Waals surface area contributed by atoms with Gasteiger partial charge in [0.1, 0.15) is 5.49 Å². The molecule has 0 saturated carbocycles. The van der Waals surface area contributed by atoms with Gasteiger partial charge in [0.2, 0.25) is 0 Å². The maximum atomic E-state index is 10.5. The standard InChI is InChI=1S/C12H11N3O2/c13-12-3-1-2-8-14(12)9-10-4-6-11(7-5-10)15(16)17/h1-8,13H,9H2. The van der Waals surface area contributed by atoms with Crippen LogP contribution in [0.1, 0.15) is 5.56 Å². The van der Waals surface area contributed by atoms with Crippen molar-refractivity contribution in [1.82, 2.24) is 4.57 Å². The minimum atomic E-state index is -0.421. The van der Waals surface area contributed by atoms with E-state index in [2.05, 4.69) is 0 Å². The summed E-state index contributed by atoms with van der Waals surface area (Å²) in [5.41, 5.74) is 1.42. The number of hydrogen-bond acceptors (Lipinski definition) is 3. The molecule has 0 saturated heterocycles. The van der Waals surface area contributed by atoms with Crippen LogP contribution >= 0.6 is 0 Å². The number of hydrogen-bond donors (Lipinski definition) is 1. The van der Waals surface area contributed by atoms with Gasteiger partial charge in [-0.1, -0.05) is 18.2 Å². The second-order valence-electron chi connectivity index (χ2n) is 3.64. The van der Waals surface area contributed by atoms with Crippen molar-refractivity contribution < 1.29 is 4.92 Å². The highest BCUT2D eigenvalue weighted by molar-refractivity contribution is 5.32. The molecule has 0 aliphatic heterocycles. The molecule has 0 fully saturated rings. The monoisotopic (exact) mass is 229 g/mol. The van der Waals surface area contributed by atoms with Gasteiger partial charge in [0.15, 0.2) is 0 Å². The zero-order valence-electron chi connectivity index (χ0n) is 9.04. The van der Waals surface area contributed by atoms with E-state index in [1.165, 1.54) is 12.1 Å². The number of nitrogens with zero attached hydrogens (tertiary/aromatic N) is 2. The van der Waals surface area contributed by atoms with Crippen molar-refractivity contribution in [2.75, 3.05) is 0 Å². The van der Waals surface area contributed by atoms with E-state index in [0.29, 0.717) is 12.0 Å². The van der Waals surface area contributed by atoms with Crippen LogP contribution in [0.2, 0.25) is 0 Å². The van der Waals surface area contributed by atoms with Crippen molar-refractivity contribution in [1.29, 1.82) is 5.41 Å². The molecule has 0 spiro atoms. The quantitative estimate of drug-likeness (QED) is 0.645. The lowest BCUT2D eigenvalue weighted by Crippen LogP contribution is -2.18. The van der Waals surface area contributed by atoms with Gasteiger partial charge in [-0.05, 0) is 17.7 Å². The number of nitro benzene ring substituents is 1. The van der Waals surface area contributed by atoms with Gasteiger partial charge in [-0.15, -0.1) is 0 Å². The van der Waals surface area contributed by atoms with E-state index in [9.17, 15) is 10.1 Å². The van der Waals surface area contributed by atoms with E-state index in [1.54, 1.807) is 28.8 Å². The third-order valence-corrected chi connectivity index (χ3v) is 2.44. The highest BCUT2D eigenvalue weighted by Gasteiger charge is 2.03. The van der Waals surface area contributed by atoms with Crippen molar-refractivity contribution in [3.05, 3.63) is 69.8 Å². The lowest BCUT2D eigenvalue weighted by Gasteiger charge is -2.05. The molecular weight excluding hydrogens is 218 g/mol. The van der Waals surface area contributed by atoms with Gasteiger partial charge in [-0.3, -0.25) is 15.5 Å². The average Bonchev–Trinajstić information content (AvgIpc) is 2.33. The van der Waals surface area contributed by atoms with Gasteiger partial charge in [0, 0.05) is 24.9 Å². The molecule has 1 aromatic carbocycles. The number of nitro groups is 1. The molecule has 0 aliphatic carbocycles. The summed E-state index contributed by atoms with van der Waals surface area (Å²) in [6.07, 6.45) is 1.81. The van der Waals surface area contributed by atoms with Gasteiger partial charge < -0.3 is 4.57 Å². The Morgan fingerprint density at radius 3 is 2.47 bits per heavy atom. The van der Waals surface area contributed by atoms with Crippen LogP contribution in [0.25, 0.3) is 0 Å². The zero-order valence-corrected chi connectivity index (χ0v) is 9.04. The van der Waals surface area contributed by atoms with Crippen LogP contribution < -0.4 is 5.49 Å². The van der Waals surface area contributed by atoms with Crippen LogP contribution in [0.3, 0.4) is 0 Å². The highest BCUT2D eigenvalue weighted by Crippen LogP contribution is 2.12. The Hall–Kier alpha value is -2.43. The normalized spacial score (nSPS) is 10.1. The first kappa shape index (κ1) is 11.1. The Morgan fingerprint density at radius 2 is 1.88 bits per heavy atom. The topological polar surface area (TPSA) is 71.9 Å². The van der Waals surface area contributed by atoms with Crippen LogP contribution in [-0.4, -0.2) is 9.49 Å². The molecule has 17 heavy (non-hydrogen) atoms. The first-order valence-electron chi connectivity index (χ1n) is 5.10. The molecule has 1 aromatic heterocycles. The summed E-state index contributed by atoms with van der Waals surface area (Å²) < 4.78 is 1.77. The van der Waals surface area contributed by atoms with Gasteiger partial charge in [-0.25, -0.2) is 0 Å². The summed E-state index contributed by atoms with van der Waals surface area (Å²) in [6.45, 7) is 0.539. The second-order valence-corrected chi connectivity index (χ2v) is 3.64. The molecule has 86 valence electrons. The fourth-order valence-electron chi connectivity index (χ4n) is 1.53. The molecule has 1 heterocycles. The van der Waals surface area contributed by atoms with Gasteiger partial charge in [0.05, 0.1) is 4.92 Å². The number of pyridine rings is 1. The molecule has 2 rings (SSSR count). The third kappa shape index (κ3) is 2.57. The van der Waals surface area contributed by atoms with E-state index in [-0.39, 0.29) is 5.69 Å². The number of non-ortho nitro benzene ring substituents is 1. The lowest BCUT2D eigenvalue weighted by atomic mass is 10.2. The highest BCUT2D eigenvalue weighted by atomic mass is 16.6. The maximum absolute atomic E-state index is 10.5. The minimum absolute atomic E-state index is 0.0814. The third-order valence-electron chi connectivity index (χ3n) is 2.44. The molecule has 2 aromatic rings. The molecule has 0 atom stereocenters. The summed E-state index contributed by atoms with van der Waals surface area (Å²) in [4.78, 5) is 10.1. The second kappa shape index (κ2) is 4.61. The average molecular weight is 229 g/mol. The van der Waals surface area contributed by atoms with Crippen LogP contribution in [0, 0.1) is 15.5 Å². The molecule has 0 unspecified atom stereocenters. The summed E-state index contributed by atoms with van der Waals surface area (Å²) >= 11 is 0. The Bertz CT molecular complexity index is 587. The summed E-state index contributed by atoms with van der Waals surface area (Å²) in [7, 11) is 0. The largest absolute Gasteiger partial charge is 0.329 e. The van der Waals surface area contributed by atoms with Crippen LogP contribution in [0.4, 0.5) is 5.69 Å². The van der Waals surface area contributed by atoms with Crippen molar-refractivity contribution >= 4 is 5.69 Å². The Kier molecular flexibility index (Phi) is 3.00. The molecule has 0 bridgehead atoms. The van der Waals surface area contributed by atoms with Crippen molar-refractivity contribution in [2.24, 2.45) is 0 Å². The number of rotatable bonds is 3. The molecule has 5 heteroatoms. The number of nitrogens with one attached hydrogen (secondary N) is 1. The van der Waals surface area contributed by atoms with E-state index < -0.39 is 4.92 Å². The predicted molar refractivity (Wildman–Crippen MR) is 62.5 cm³/mol. The number of benzene rings is 1. The van der Waals surface area contributed by atoms with Crippen molar-refractivity contribution in [2.45, 2.75) is 6.54 Å². The summed E-state index contributed by atoms with van der Waals surface area (Å²) in [5, 5.41) is 18.2. The Labute approximate surface area is 97.6 Å². The Balaban J connectivity index is 2.23. The van der Waals surface area contributed by atoms with E-state index in [1.807, 2.05) is 12.3 Å². The zero-order chi connectivity index (χ0) is 12.3. The summed E-state index contributed by atoms with van der Waals surface area (Å²) in [5.74, 6) is 0. The molecule has 5 nitrogen and oxygen atoms in total. The fourth-order valence-corrected chi connectivity index (χ4v) is 1.53. The van der Waals surface area contributed by atoms with Crippen LogP contribution in [0.5, 0.6) is 0 Å². The smallest absolute Gasteiger partial charge is 0.269 e. The Morgan fingerprint density at radius 1 is 1.18 bits per heavy atom. The fraction of sp³-hybridized carbons (Fsp3) is 0.0833. The first-order valence-corrected chi connectivity index (χ1v) is 5.10. The van der Waals surface area contributed by atoms with Crippen molar-refractivity contribution in [3.8, 4) is 0 Å². The van der Waals surface area contributed by atoms with Gasteiger partial charge in [-0.2, -0.15) is 0 Å².